The standard InChI is InChI=1S/C15H31N/c1-5-12(4)10-14-11-13(6-2)8-9-15(14)16-7-3/h12-16H,5-11H2,1-4H3. The molecule has 16 heavy (non-hydrogen) atoms. The minimum Gasteiger partial charge on any atom is -0.314 e. The van der Waals surface area contributed by atoms with E-state index in [-0.39, 0.29) is 0 Å². The average molecular weight is 225 g/mol. The highest BCUT2D eigenvalue weighted by Crippen LogP contribution is 2.35. The molecule has 1 aliphatic rings. The van der Waals surface area contributed by atoms with Crippen molar-refractivity contribution >= 4 is 0 Å². The lowest BCUT2D eigenvalue weighted by atomic mass is 9.73. The van der Waals surface area contributed by atoms with E-state index in [0.717, 1.165) is 30.3 Å². The third-order valence-electron chi connectivity index (χ3n) is 4.54. The van der Waals surface area contributed by atoms with Gasteiger partial charge >= 0.3 is 0 Å². The van der Waals surface area contributed by atoms with Crippen LogP contribution in [0.4, 0.5) is 0 Å². The van der Waals surface area contributed by atoms with E-state index in [1.165, 1.54) is 38.5 Å². The summed E-state index contributed by atoms with van der Waals surface area (Å²) in [5, 5.41) is 3.71. The fourth-order valence-corrected chi connectivity index (χ4v) is 3.21. The van der Waals surface area contributed by atoms with E-state index in [1.807, 2.05) is 0 Å². The highest BCUT2D eigenvalue weighted by Gasteiger charge is 2.29. The monoisotopic (exact) mass is 225 g/mol. The molecule has 1 N–H and O–H groups in total. The maximum atomic E-state index is 3.71. The smallest absolute Gasteiger partial charge is 0.00955 e. The Morgan fingerprint density at radius 1 is 1.19 bits per heavy atom. The zero-order valence-electron chi connectivity index (χ0n) is 11.8. The lowest BCUT2D eigenvalue weighted by Gasteiger charge is -2.37. The summed E-state index contributed by atoms with van der Waals surface area (Å²) < 4.78 is 0. The molecule has 4 atom stereocenters. The van der Waals surface area contributed by atoms with Gasteiger partial charge in [-0.25, -0.2) is 0 Å². The van der Waals surface area contributed by atoms with Gasteiger partial charge in [0.1, 0.15) is 0 Å². The molecule has 0 heterocycles. The van der Waals surface area contributed by atoms with Crippen LogP contribution in [0.5, 0.6) is 0 Å². The average Bonchev–Trinajstić information content (AvgIpc) is 2.31. The molecule has 0 aromatic rings. The number of nitrogens with one attached hydrogen (secondary N) is 1. The minimum absolute atomic E-state index is 0.807. The van der Waals surface area contributed by atoms with Crippen molar-refractivity contribution in [3.63, 3.8) is 0 Å². The van der Waals surface area contributed by atoms with Gasteiger partial charge in [0.15, 0.2) is 0 Å². The van der Waals surface area contributed by atoms with E-state index in [0.29, 0.717) is 0 Å². The SMILES string of the molecule is CCNC1CCC(CC)CC1CC(C)CC. The quantitative estimate of drug-likeness (QED) is 0.713. The van der Waals surface area contributed by atoms with Crippen molar-refractivity contribution in [1.29, 1.82) is 0 Å². The van der Waals surface area contributed by atoms with Gasteiger partial charge in [0.2, 0.25) is 0 Å². The van der Waals surface area contributed by atoms with Crippen LogP contribution in [0.25, 0.3) is 0 Å². The molecule has 0 aromatic heterocycles. The zero-order valence-corrected chi connectivity index (χ0v) is 11.8. The molecule has 1 fully saturated rings. The Balaban J connectivity index is 2.49. The first-order valence-corrected chi connectivity index (χ1v) is 7.44. The van der Waals surface area contributed by atoms with Crippen LogP contribution in [-0.2, 0) is 0 Å². The molecule has 4 unspecified atom stereocenters. The number of hydrogen-bond donors (Lipinski definition) is 1. The van der Waals surface area contributed by atoms with Gasteiger partial charge in [-0.1, -0.05) is 40.5 Å². The van der Waals surface area contributed by atoms with E-state index < -0.39 is 0 Å². The molecule has 0 radical (unpaired) electrons. The van der Waals surface area contributed by atoms with Crippen molar-refractivity contribution in [2.24, 2.45) is 17.8 Å². The highest BCUT2D eigenvalue weighted by atomic mass is 14.9. The third-order valence-corrected chi connectivity index (χ3v) is 4.54. The lowest BCUT2D eigenvalue weighted by molar-refractivity contribution is 0.173. The Bertz CT molecular complexity index is 176. The Morgan fingerprint density at radius 2 is 1.94 bits per heavy atom. The Labute approximate surface area is 102 Å². The largest absolute Gasteiger partial charge is 0.314 e. The van der Waals surface area contributed by atoms with E-state index >= 15 is 0 Å². The fraction of sp³-hybridized carbons (Fsp3) is 1.00. The van der Waals surface area contributed by atoms with Crippen LogP contribution >= 0.6 is 0 Å². The summed E-state index contributed by atoms with van der Waals surface area (Å²) in [6, 6.07) is 0.807. The Kier molecular flexibility index (Phi) is 6.41. The van der Waals surface area contributed by atoms with Gasteiger partial charge in [-0.05, 0) is 50.0 Å². The summed E-state index contributed by atoms with van der Waals surface area (Å²) in [6.07, 6.45) is 8.49. The van der Waals surface area contributed by atoms with Crippen LogP contribution in [0.1, 0.15) is 66.2 Å². The Morgan fingerprint density at radius 3 is 2.50 bits per heavy atom. The summed E-state index contributed by atoms with van der Waals surface area (Å²) in [4.78, 5) is 0. The molecule has 0 saturated heterocycles. The predicted octanol–water partition coefficient (Wildman–Crippen LogP) is 4.23. The summed E-state index contributed by atoms with van der Waals surface area (Å²) in [6.45, 7) is 10.5. The first kappa shape index (κ1) is 14.0. The predicted molar refractivity (Wildman–Crippen MR) is 72.7 cm³/mol. The maximum absolute atomic E-state index is 3.71. The summed E-state index contributed by atoms with van der Waals surface area (Å²) >= 11 is 0. The van der Waals surface area contributed by atoms with Crippen LogP contribution in [0, 0.1) is 17.8 Å². The van der Waals surface area contributed by atoms with Gasteiger partial charge in [-0.2, -0.15) is 0 Å². The lowest BCUT2D eigenvalue weighted by Crippen LogP contribution is -2.41. The molecular weight excluding hydrogens is 194 g/mol. The molecule has 1 saturated carbocycles. The van der Waals surface area contributed by atoms with Gasteiger partial charge in [-0.15, -0.1) is 0 Å². The summed E-state index contributed by atoms with van der Waals surface area (Å²) in [7, 11) is 0. The molecule has 96 valence electrons. The van der Waals surface area contributed by atoms with Crippen molar-refractivity contribution < 1.29 is 0 Å². The van der Waals surface area contributed by atoms with Crippen molar-refractivity contribution in [2.45, 2.75) is 72.3 Å². The van der Waals surface area contributed by atoms with Gasteiger partial charge in [0.25, 0.3) is 0 Å². The molecule has 0 aromatic carbocycles. The molecule has 0 aliphatic heterocycles. The topological polar surface area (TPSA) is 12.0 Å². The van der Waals surface area contributed by atoms with E-state index in [4.69, 9.17) is 0 Å². The second-order valence-electron chi connectivity index (χ2n) is 5.76. The zero-order chi connectivity index (χ0) is 12.0. The van der Waals surface area contributed by atoms with Crippen molar-refractivity contribution in [3.8, 4) is 0 Å². The summed E-state index contributed by atoms with van der Waals surface area (Å²) in [5.41, 5.74) is 0. The van der Waals surface area contributed by atoms with Gasteiger partial charge < -0.3 is 5.32 Å². The molecule has 0 spiro atoms. The normalized spacial score (nSPS) is 32.6. The second kappa shape index (κ2) is 7.32. The van der Waals surface area contributed by atoms with Crippen LogP contribution in [-0.4, -0.2) is 12.6 Å². The van der Waals surface area contributed by atoms with Crippen LogP contribution in [0.3, 0.4) is 0 Å². The second-order valence-corrected chi connectivity index (χ2v) is 5.76. The van der Waals surface area contributed by atoms with Crippen molar-refractivity contribution in [3.05, 3.63) is 0 Å². The minimum atomic E-state index is 0.807. The van der Waals surface area contributed by atoms with E-state index in [9.17, 15) is 0 Å². The maximum Gasteiger partial charge on any atom is 0.00955 e. The van der Waals surface area contributed by atoms with Gasteiger partial charge in [0, 0.05) is 6.04 Å². The first-order valence-electron chi connectivity index (χ1n) is 7.44. The van der Waals surface area contributed by atoms with Crippen LogP contribution in [0.2, 0.25) is 0 Å². The van der Waals surface area contributed by atoms with Gasteiger partial charge in [-0.3, -0.25) is 0 Å². The molecule has 0 amide bonds. The molecular formula is C15H31N. The molecule has 1 nitrogen and oxygen atoms in total. The Hall–Kier alpha value is -0.0400. The number of hydrogen-bond acceptors (Lipinski definition) is 1. The molecule has 1 aliphatic carbocycles. The highest BCUT2D eigenvalue weighted by molar-refractivity contribution is 4.85. The summed E-state index contributed by atoms with van der Waals surface area (Å²) in [5.74, 6) is 2.85. The number of rotatable bonds is 6. The van der Waals surface area contributed by atoms with Crippen molar-refractivity contribution in [1.82, 2.24) is 5.32 Å². The van der Waals surface area contributed by atoms with Crippen molar-refractivity contribution in [2.75, 3.05) is 6.54 Å². The van der Waals surface area contributed by atoms with Crippen LogP contribution < -0.4 is 5.32 Å². The first-order chi connectivity index (χ1) is 7.71. The molecule has 1 heteroatoms. The van der Waals surface area contributed by atoms with Gasteiger partial charge in [0.05, 0.1) is 0 Å². The van der Waals surface area contributed by atoms with Crippen LogP contribution in [0.15, 0.2) is 0 Å². The van der Waals surface area contributed by atoms with E-state index in [1.54, 1.807) is 0 Å². The molecule has 0 bridgehead atoms. The van der Waals surface area contributed by atoms with E-state index in [2.05, 4.69) is 33.0 Å². The third kappa shape index (κ3) is 4.08. The molecule has 1 rings (SSSR count). The fourth-order valence-electron chi connectivity index (χ4n) is 3.21.